The van der Waals surface area contributed by atoms with Gasteiger partial charge in [0.2, 0.25) is 5.91 Å². The lowest BCUT2D eigenvalue weighted by Gasteiger charge is -2.12. The van der Waals surface area contributed by atoms with Crippen LogP contribution in [0, 0.1) is 0 Å². The number of nitrogens with zero attached hydrogens (tertiary/aromatic N) is 6. The van der Waals surface area contributed by atoms with Crippen molar-refractivity contribution in [3.8, 4) is 5.82 Å². The Bertz CT molecular complexity index is 1280. The van der Waals surface area contributed by atoms with Gasteiger partial charge in [-0.1, -0.05) is 17.7 Å². The molecule has 0 unspecified atom stereocenters. The molecule has 0 radical (unpaired) electrons. The molecule has 0 spiro atoms. The topological polar surface area (TPSA) is 85.9 Å². The summed E-state index contributed by atoms with van der Waals surface area (Å²) in [6.45, 7) is 0. The molecule has 3 heterocycles. The molecule has 8 nitrogen and oxygen atoms in total. The van der Waals surface area contributed by atoms with Crippen molar-refractivity contribution >= 4 is 39.3 Å². The van der Waals surface area contributed by atoms with Crippen molar-refractivity contribution in [2.75, 3.05) is 14.1 Å². The highest BCUT2D eigenvalue weighted by atomic mass is 35.5. The van der Waals surface area contributed by atoms with Crippen molar-refractivity contribution in [2.24, 2.45) is 7.05 Å². The van der Waals surface area contributed by atoms with Gasteiger partial charge in [0.15, 0.2) is 5.82 Å². The number of amides is 1. The minimum absolute atomic E-state index is 0.0474. The molecule has 0 saturated carbocycles. The Hall–Kier alpha value is -3.26. The Kier molecular flexibility index (Phi) is 4.35. The SMILES string of the molecule is CN(C)C(=O)Cc1nn(-c2cnccn2)c(=O)c2c1c1ccc(Cl)cc1n2C. The van der Waals surface area contributed by atoms with Gasteiger partial charge in [-0.25, -0.2) is 4.98 Å². The summed E-state index contributed by atoms with van der Waals surface area (Å²) in [6, 6.07) is 5.40. The summed E-state index contributed by atoms with van der Waals surface area (Å²) < 4.78 is 2.96. The highest BCUT2D eigenvalue weighted by Gasteiger charge is 2.22. The van der Waals surface area contributed by atoms with E-state index in [2.05, 4.69) is 15.1 Å². The van der Waals surface area contributed by atoms with Crippen LogP contribution >= 0.6 is 11.6 Å². The molecule has 0 saturated heterocycles. The van der Waals surface area contributed by atoms with E-state index < -0.39 is 0 Å². The Morgan fingerprint density at radius 1 is 1.25 bits per heavy atom. The number of carbonyl (C=O) groups is 1. The van der Waals surface area contributed by atoms with Gasteiger partial charge in [-0.05, 0) is 12.1 Å². The Morgan fingerprint density at radius 3 is 2.71 bits per heavy atom. The molecule has 1 aromatic carbocycles. The summed E-state index contributed by atoms with van der Waals surface area (Å²) in [7, 11) is 5.16. The van der Waals surface area contributed by atoms with Gasteiger partial charge in [0.25, 0.3) is 5.56 Å². The highest BCUT2D eigenvalue weighted by molar-refractivity contribution is 6.31. The largest absolute Gasteiger partial charge is 0.348 e. The van der Waals surface area contributed by atoms with Crippen molar-refractivity contribution in [3.05, 3.63) is 57.9 Å². The second-order valence-corrected chi connectivity index (χ2v) is 7.07. The minimum atomic E-state index is -0.341. The van der Waals surface area contributed by atoms with E-state index in [1.165, 1.54) is 28.2 Å². The van der Waals surface area contributed by atoms with E-state index in [0.717, 1.165) is 10.9 Å². The van der Waals surface area contributed by atoms with Gasteiger partial charge in [-0.15, -0.1) is 0 Å². The number of benzene rings is 1. The summed E-state index contributed by atoms with van der Waals surface area (Å²) in [5.74, 6) is 0.167. The molecule has 0 aliphatic heterocycles. The smallest absolute Gasteiger partial charge is 0.297 e. The fourth-order valence-electron chi connectivity index (χ4n) is 3.25. The van der Waals surface area contributed by atoms with Crippen molar-refractivity contribution in [2.45, 2.75) is 6.42 Å². The quantitative estimate of drug-likeness (QED) is 0.528. The van der Waals surface area contributed by atoms with Crippen LogP contribution in [0.15, 0.2) is 41.6 Å². The number of fused-ring (bicyclic) bond motifs is 3. The maximum atomic E-state index is 13.3. The monoisotopic (exact) mass is 396 g/mol. The summed E-state index contributed by atoms with van der Waals surface area (Å²) >= 11 is 6.16. The molecule has 3 aromatic heterocycles. The molecule has 0 aliphatic carbocycles. The van der Waals surface area contributed by atoms with Gasteiger partial charge < -0.3 is 9.47 Å². The Labute approximate surface area is 165 Å². The third kappa shape index (κ3) is 2.82. The number of aromatic nitrogens is 5. The molecule has 4 rings (SSSR count). The maximum absolute atomic E-state index is 13.3. The third-order valence-corrected chi connectivity index (χ3v) is 4.89. The van der Waals surface area contributed by atoms with Crippen molar-refractivity contribution < 1.29 is 4.79 Å². The molecule has 0 bridgehead atoms. The average Bonchev–Trinajstić information content (AvgIpc) is 2.97. The molecule has 0 aliphatic rings. The summed E-state index contributed by atoms with van der Waals surface area (Å²) in [5, 5.41) is 6.51. The number of rotatable bonds is 3. The molecule has 4 aromatic rings. The van der Waals surface area contributed by atoms with Crippen LogP contribution in [0.3, 0.4) is 0 Å². The number of hydrogen-bond acceptors (Lipinski definition) is 5. The molecule has 0 N–H and O–H groups in total. The van der Waals surface area contributed by atoms with Crippen LogP contribution in [0.5, 0.6) is 0 Å². The fourth-order valence-corrected chi connectivity index (χ4v) is 3.42. The highest BCUT2D eigenvalue weighted by Crippen LogP contribution is 2.30. The lowest BCUT2D eigenvalue weighted by atomic mass is 10.1. The zero-order chi connectivity index (χ0) is 20.0. The first-order chi connectivity index (χ1) is 13.4. The first-order valence-electron chi connectivity index (χ1n) is 8.55. The van der Waals surface area contributed by atoms with Crippen LogP contribution in [-0.4, -0.2) is 49.2 Å². The standard InChI is InChI=1S/C19H17ClN6O2/c1-24(2)16(27)9-13-17-12-5-4-11(20)8-14(12)25(3)18(17)19(28)26(23-13)15-10-21-6-7-22-15/h4-8,10H,9H2,1-3H3. The van der Waals surface area contributed by atoms with E-state index in [0.29, 0.717) is 21.6 Å². The third-order valence-electron chi connectivity index (χ3n) is 4.65. The second-order valence-electron chi connectivity index (χ2n) is 6.64. The number of halogens is 1. The normalized spacial score (nSPS) is 11.3. The molecule has 0 fully saturated rings. The summed E-state index contributed by atoms with van der Waals surface area (Å²) in [6.07, 6.45) is 4.50. The minimum Gasteiger partial charge on any atom is -0.348 e. The molecule has 9 heteroatoms. The van der Waals surface area contributed by atoms with E-state index in [1.807, 2.05) is 6.07 Å². The lowest BCUT2D eigenvalue weighted by molar-refractivity contribution is -0.128. The van der Waals surface area contributed by atoms with Gasteiger partial charge in [0, 0.05) is 49.3 Å². The van der Waals surface area contributed by atoms with Crippen molar-refractivity contribution in [1.29, 1.82) is 0 Å². The van der Waals surface area contributed by atoms with E-state index in [1.54, 1.807) is 37.8 Å². The predicted octanol–water partition coefficient (Wildman–Crippen LogP) is 1.95. The first-order valence-corrected chi connectivity index (χ1v) is 8.92. The predicted molar refractivity (Wildman–Crippen MR) is 107 cm³/mol. The van der Waals surface area contributed by atoms with E-state index in [4.69, 9.17) is 11.6 Å². The van der Waals surface area contributed by atoms with Gasteiger partial charge in [-0.2, -0.15) is 9.78 Å². The van der Waals surface area contributed by atoms with E-state index in [-0.39, 0.29) is 23.7 Å². The van der Waals surface area contributed by atoms with Gasteiger partial charge in [0.1, 0.15) is 5.52 Å². The van der Waals surface area contributed by atoms with Crippen LogP contribution < -0.4 is 5.56 Å². The van der Waals surface area contributed by atoms with Crippen LogP contribution in [0.4, 0.5) is 0 Å². The fraction of sp³-hybridized carbons (Fsp3) is 0.211. The Morgan fingerprint density at radius 2 is 2.04 bits per heavy atom. The van der Waals surface area contributed by atoms with E-state index >= 15 is 0 Å². The summed E-state index contributed by atoms with van der Waals surface area (Å²) in [5.41, 5.74) is 1.37. The Balaban J connectivity index is 2.13. The second kappa shape index (κ2) is 6.72. The van der Waals surface area contributed by atoms with Crippen molar-refractivity contribution in [3.63, 3.8) is 0 Å². The van der Waals surface area contributed by atoms with Gasteiger partial charge >= 0.3 is 0 Å². The van der Waals surface area contributed by atoms with Gasteiger partial charge in [0.05, 0.1) is 23.8 Å². The van der Waals surface area contributed by atoms with Crippen LogP contribution in [0.2, 0.25) is 5.02 Å². The van der Waals surface area contributed by atoms with Crippen molar-refractivity contribution in [1.82, 2.24) is 29.2 Å². The first kappa shape index (κ1) is 18.1. The van der Waals surface area contributed by atoms with Crippen LogP contribution in [0.25, 0.3) is 27.6 Å². The van der Waals surface area contributed by atoms with Crippen LogP contribution in [0.1, 0.15) is 5.69 Å². The maximum Gasteiger partial charge on any atom is 0.297 e. The number of carbonyl (C=O) groups excluding carboxylic acids is 1. The number of aryl methyl sites for hydroxylation is 1. The van der Waals surface area contributed by atoms with Gasteiger partial charge in [-0.3, -0.25) is 14.6 Å². The molecule has 142 valence electrons. The molecule has 0 atom stereocenters. The zero-order valence-electron chi connectivity index (χ0n) is 15.5. The number of likely N-dealkylation sites (N-methyl/N-ethyl adjacent to an activating group) is 1. The van der Waals surface area contributed by atoms with Crippen LogP contribution in [-0.2, 0) is 18.3 Å². The average molecular weight is 397 g/mol. The summed E-state index contributed by atoms with van der Waals surface area (Å²) in [4.78, 5) is 35.4. The lowest BCUT2D eigenvalue weighted by Crippen LogP contribution is -2.28. The number of hydrogen-bond donors (Lipinski definition) is 0. The zero-order valence-corrected chi connectivity index (χ0v) is 16.3. The van der Waals surface area contributed by atoms with E-state index in [9.17, 15) is 9.59 Å². The molecular formula is C19H17ClN6O2. The molecular weight excluding hydrogens is 380 g/mol. The molecule has 28 heavy (non-hydrogen) atoms. The molecule has 1 amide bonds.